The second kappa shape index (κ2) is 9.45. The van der Waals surface area contributed by atoms with Crippen LogP contribution < -0.4 is 14.4 Å². The molecule has 1 atom stereocenters. The van der Waals surface area contributed by atoms with Gasteiger partial charge in [0.1, 0.15) is 18.1 Å². The minimum Gasteiger partial charge on any atom is -0.496 e. The van der Waals surface area contributed by atoms with E-state index < -0.39 is 28.3 Å². The van der Waals surface area contributed by atoms with Gasteiger partial charge in [-0.2, -0.15) is 0 Å². The lowest BCUT2D eigenvalue weighted by Crippen LogP contribution is -2.41. The number of methoxy groups -OCH3 is 1. The largest absolute Gasteiger partial charge is 0.496 e. The number of ether oxygens (including phenoxy) is 1. The molecule has 0 aliphatic carbocycles. The SMILES string of the molecule is CC[C@H](NC(=O)CN(c1ccc(F)c(Cl)c1)S(C)(=O)=O)c1ccc(OC)c(C)c1. The van der Waals surface area contributed by atoms with Gasteiger partial charge in [-0.1, -0.05) is 30.7 Å². The van der Waals surface area contributed by atoms with Crippen molar-refractivity contribution in [3.8, 4) is 5.75 Å². The van der Waals surface area contributed by atoms with E-state index in [2.05, 4.69) is 5.32 Å². The molecule has 29 heavy (non-hydrogen) atoms. The Bertz CT molecular complexity index is 998. The lowest BCUT2D eigenvalue weighted by Gasteiger charge is -2.24. The van der Waals surface area contributed by atoms with Crippen LogP contribution in [0.15, 0.2) is 36.4 Å². The number of nitrogens with one attached hydrogen (secondary N) is 1. The molecule has 2 aromatic carbocycles. The summed E-state index contributed by atoms with van der Waals surface area (Å²) in [5, 5.41) is 2.63. The molecule has 1 N–H and O–H groups in total. The molecule has 9 heteroatoms. The Morgan fingerprint density at radius 2 is 1.97 bits per heavy atom. The van der Waals surface area contributed by atoms with Gasteiger partial charge < -0.3 is 10.1 Å². The first kappa shape index (κ1) is 23.0. The summed E-state index contributed by atoms with van der Waals surface area (Å²) in [4.78, 5) is 12.6. The van der Waals surface area contributed by atoms with E-state index in [4.69, 9.17) is 16.3 Å². The fraction of sp³-hybridized carbons (Fsp3) is 0.350. The number of hydrogen-bond donors (Lipinski definition) is 1. The quantitative estimate of drug-likeness (QED) is 0.674. The van der Waals surface area contributed by atoms with Gasteiger partial charge in [0, 0.05) is 0 Å². The average Bonchev–Trinajstić information content (AvgIpc) is 2.65. The summed E-state index contributed by atoms with van der Waals surface area (Å²) >= 11 is 5.76. The van der Waals surface area contributed by atoms with E-state index in [1.54, 1.807) is 7.11 Å². The first-order chi connectivity index (χ1) is 13.6. The van der Waals surface area contributed by atoms with Crippen LogP contribution in [0.25, 0.3) is 0 Å². The van der Waals surface area contributed by atoms with Gasteiger partial charge in [-0.25, -0.2) is 12.8 Å². The van der Waals surface area contributed by atoms with Crippen molar-refractivity contribution in [3.63, 3.8) is 0 Å². The highest BCUT2D eigenvalue weighted by atomic mass is 35.5. The number of carbonyl (C=O) groups is 1. The number of carbonyl (C=O) groups excluding carboxylic acids is 1. The third-order valence-corrected chi connectivity index (χ3v) is 5.87. The second-order valence-corrected chi connectivity index (χ2v) is 8.94. The maximum absolute atomic E-state index is 13.4. The average molecular weight is 443 g/mol. The highest BCUT2D eigenvalue weighted by Crippen LogP contribution is 2.26. The van der Waals surface area contributed by atoms with Gasteiger partial charge in [-0.15, -0.1) is 0 Å². The topological polar surface area (TPSA) is 75.7 Å². The van der Waals surface area contributed by atoms with Gasteiger partial charge in [0.2, 0.25) is 15.9 Å². The van der Waals surface area contributed by atoms with Crippen LogP contribution in [-0.4, -0.2) is 34.2 Å². The van der Waals surface area contributed by atoms with E-state index in [1.165, 1.54) is 12.1 Å². The zero-order chi connectivity index (χ0) is 21.8. The maximum atomic E-state index is 13.4. The highest BCUT2D eigenvalue weighted by Gasteiger charge is 2.23. The molecule has 0 saturated carbocycles. The maximum Gasteiger partial charge on any atom is 0.241 e. The van der Waals surface area contributed by atoms with E-state index in [1.807, 2.05) is 32.0 Å². The Balaban J connectivity index is 2.22. The van der Waals surface area contributed by atoms with E-state index in [9.17, 15) is 17.6 Å². The van der Waals surface area contributed by atoms with Crippen molar-refractivity contribution in [3.05, 3.63) is 58.4 Å². The molecule has 158 valence electrons. The Morgan fingerprint density at radius 1 is 1.28 bits per heavy atom. The Morgan fingerprint density at radius 3 is 2.48 bits per heavy atom. The van der Waals surface area contributed by atoms with Gasteiger partial charge >= 0.3 is 0 Å². The molecular formula is C20H24ClFN2O4S. The number of aryl methyl sites for hydroxylation is 1. The fourth-order valence-corrected chi connectivity index (χ4v) is 3.97. The minimum absolute atomic E-state index is 0.113. The van der Waals surface area contributed by atoms with Crippen LogP contribution in [0.3, 0.4) is 0 Å². The van der Waals surface area contributed by atoms with E-state index >= 15 is 0 Å². The van der Waals surface area contributed by atoms with E-state index in [-0.39, 0.29) is 16.8 Å². The first-order valence-corrected chi connectivity index (χ1v) is 11.2. The predicted octanol–water partition coefficient (Wildman–Crippen LogP) is 3.83. The van der Waals surface area contributed by atoms with Crippen molar-refractivity contribution in [2.45, 2.75) is 26.3 Å². The number of benzene rings is 2. The van der Waals surface area contributed by atoms with Crippen LogP contribution in [0.1, 0.15) is 30.5 Å². The van der Waals surface area contributed by atoms with Gasteiger partial charge in [-0.05, 0) is 48.7 Å². The van der Waals surface area contributed by atoms with Crippen LogP contribution in [0.5, 0.6) is 5.75 Å². The Labute approximate surface area is 175 Å². The summed E-state index contributed by atoms with van der Waals surface area (Å²) in [5.41, 5.74) is 1.92. The molecule has 0 radical (unpaired) electrons. The normalized spacial score (nSPS) is 12.3. The van der Waals surface area contributed by atoms with Gasteiger partial charge in [0.15, 0.2) is 0 Å². The summed E-state index contributed by atoms with van der Waals surface area (Å²) in [6.07, 6.45) is 1.58. The first-order valence-electron chi connectivity index (χ1n) is 8.93. The molecule has 0 unspecified atom stereocenters. The zero-order valence-electron chi connectivity index (χ0n) is 16.7. The van der Waals surface area contributed by atoms with Crippen molar-refractivity contribution >= 4 is 33.2 Å². The molecule has 0 aliphatic heterocycles. The zero-order valence-corrected chi connectivity index (χ0v) is 18.3. The smallest absolute Gasteiger partial charge is 0.241 e. The summed E-state index contributed by atoms with van der Waals surface area (Å²) in [6, 6.07) is 8.79. The van der Waals surface area contributed by atoms with Crippen molar-refractivity contribution in [1.82, 2.24) is 5.32 Å². The predicted molar refractivity (Wildman–Crippen MR) is 113 cm³/mol. The van der Waals surface area contributed by atoms with Gasteiger partial charge in [-0.3, -0.25) is 9.10 Å². The van der Waals surface area contributed by atoms with Gasteiger partial charge in [0.25, 0.3) is 0 Å². The minimum atomic E-state index is -3.79. The van der Waals surface area contributed by atoms with Crippen molar-refractivity contribution < 1.29 is 22.3 Å². The number of anilines is 1. The number of hydrogen-bond acceptors (Lipinski definition) is 4. The van der Waals surface area contributed by atoms with E-state index in [0.717, 1.165) is 33.5 Å². The number of halogens is 2. The summed E-state index contributed by atoms with van der Waals surface area (Å²) in [6.45, 7) is 3.37. The molecule has 2 rings (SSSR count). The monoisotopic (exact) mass is 442 g/mol. The Hall–Kier alpha value is -2.32. The third kappa shape index (κ3) is 5.83. The molecule has 0 bridgehead atoms. The molecule has 0 heterocycles. The molecule has 1 amide bonds. The van der Waals surface area contributed by atoms with Crippen molar-refractivity contribution in [2.24, 2.45) is 0 Å². The fourth-order valence-electron chi connectivity index (χ4n) is 2.95. The number of amides is 1. The van der Waals surface area contributed by atoms with Crippen molar-refractivity contribution in [2.75, 3.05) is 24.2 Å². The lowest BCUT2D eigenvalue weighted by molar-refractivity contribution is -0.120. The number of nitrogens with zero attached hydrogens (tertiary/aromatic N) is 1. The second-order valence-electron chi connectivity index (χ2n) is 6.63. The highest BCUT2D eigenvalue weighted by molar-refractivity contribution is 7.92. The van der Waals surface area contributed by atoms with Crippen LogP contribution in [0.2, 0.25) is 5.02 Å². The van der Waals surface area contributed by atoms with Crippen molar-refractivity contribution in [1.29, 1.82) is 0 Å². The number of rotatable bonds is 8. The van der Waals surface area contributed by atoms with Crippen LogP contribution in [0, 0.1) is 12.7 Å². The lowest BCUT2D eigenvalue weighted by atomic mass is 10.0. The number of sulfonamides is 1. The molecule has 6 nitrogen and oxygen atoms in total. The molecule has 0 fully saturated rings. The Kier molecular flexibility index (Phi) is 7.48. The van der Waals surface area contributed by atoms with Crippen LogP contribution >= 0.6 is 11.6 Å². The van der Waals surface area contributed by atoms with E-state index in [0.29, 0.717) is 6.42 Å². The molecular weight excluding hydrogens is 419 g/mol. The van der Waals surface area contributed by atoms with Crippen LogP contribution in [-0.2, 0) is 14.8 Å². The molecule has 0 aromatic heterocycles. The van der Waals surface area contributed by atoms with Gasteiger partial charge in [0.05, 0.1) is 30.1 Å². The molecule has 0 spiro atoms. The molecule has 0 aliphatic rings. The molecule has 0 saturated heterocycles. The summed E-state index contributed by atoms with van der Waals surface area (Å²) in [5.74, 6) is -0.420. The third-order valence-electron chi connectivity index (χ3n) is 4.44. The molecule has 2 aromatic rings. The summed E-state index contributed by atoms with van der Waals surface area (Å²) in [7, 11) is -2.20. The standard InChI is InChI=1S/C20H24ClFN2O4S/c1-5-18(14-6-9-19(28-3)13(2)10-14)23-20(25)12-24(29(4,26)27)15-7-8-17(22)16(21)11-15/h6-11,18H,5,12H2,1-4H3,(H,23,25)/t18-/m0/s1. The van der Waals surface area contributed by atoms with Crippen LogP contribution in [0.4, 0.5) is 10.1 Å². The summed E-state index contributed by atoms with van der Waals surface area (Å²) < 4.78 is 44.0.